The number of aliphatic carboxylic acids is 1. The second-order valence-corrected chi connectivity index (χ2v) is 9.20. The molecule has 3 aromatic rings. The molecule has 35 heavy (non-hydrogen) atoms. The third kappa shape index (κ3) is 4.54. The van der Waals surface area contributed by atoms with Gasteiger partial charge in [0.2, 0.25) is 0 Å². The Kier molecular flexibility index (Phi) is 6.33. The maximum absolute atomic E-state index is 11.1. The second kappa shape index (κ2) is 9.71. The van der Waals surface area contributed by atoms with Gasteiger partial charge in [0.25, 0.3) is 0 Å². The molecular formula is C29H28N2O4. The number of hydrogen-bond donors (Lipinski definition) is 1. The first-order valence-electron chi connectivity index (χ1n) is 12.1. The molecule has 6 heteroatoms. The summed E-state index contributed by atoms with van der Waals surface area (Å²) >= 11 is 0. The third-order valence-corrected chi connectivity index (χ3v) is 6.80. The van der Waals surface area contributed by atoms with Crippen LogP contribution in [0, 0.1) is 11.3 Å². The molecule has 6 nitrogen and oxygen atoms in total. The normalized spacial score (nSPS) is 17.6. The number of carboxylic acid groups (broad SMARTS) is 1. The zero-order valence-electron chi connectivity index (χ0n) is 19.7. The molecule has 0 aromatic heterocycles. The van der Waals surface area contributed by atoms with Gasteiger partial charge in [0.1, 0.15) is 11.5 Å². The van der Waals surface area contributed by atoms with Crippen molar-refractivity contribution in [1.82, 2.24) is 0 Å². The number of para-hydroxylation sites is 1. The fraction of sp³-hybridized carbons (Fsp3) is 0.310. The second-order valence-electron chi connectivity index (χ2n) is 9.20. The summed E-state index contributed by atoms with van der Waals surface area (Å²) in [5.41, 5.74) is 6.07. The van der Waals surface area contributed by atoms with Crippen LogP contribution in [0.4, 0.5) is 11.4 Å². The number of benzene rings is 3. The Bertz CT molecular complexity index is 1280. The summed E-state index contributed by atoms with van der Waals surface area (Å²) < 4.78 is 12.1. The number of nitriles is 1. The van der Waals surface area contributed by atoms with Crippen LogP contribution in [-0.4, -0.2) is 30.8 Å². The van der Waals surface area contributed by atoms with E-state index in [4.69, 9.17) is 19.8 Å². The lowest BCUT2D eigenvalue weighted by Crippen LogP contribution is -2.18. The summed E-state index contributed by atoms with van der Waals surface area (Å²) in [6.07, 6.45) is 1.89. The zero-order valence-corrected chi connectivity index (χ0v) is 19.7. The van der Waals surface area contributed by atoms with Gasteiger partial charge in [0.05, 0.1) is 37.0 Å². The van der Waals surface area contributed by atoms with Crippen LogP contribution in [0.25, 0.3) is 0 Å². The maximum atomic E-state index is 11.1. The minimum atomic E-state index is -0.802. The van der Waals surface area contributed by atoms with Crippen LogP contribution in [0.3, 0.4) is 0 Å². The molecule has 0 spiro atoms. The van der Waals surface area contributed by atoms with E-state index in [1.807, 2.05) is 30.3 Å². The Labute approximate surface area is 205 Å². The average Bonchev–Trinajstić information content (AvgIpc) is 3.46. The maximum Gasteiger partial charge on any atom is 0.304 e. The first kappa shape index (κ1) is 22.8. The van der Waals surface area contributed by atoms with Gasteiger partial charge in [-0.1, -0.05) is 31.2 Å². The molecule has 1 N–H and O–H groups in total. The topological polar surface area (TPSA) is 82.8 Å². The summed E-state index contributed by atoms with van der Waals surface area (Å²) in [6, 6.07) is 22.4. The molecule has 0 fully saturated rings. The summed E-state index contributed by atoms with van der Waals surface area (Å²) in [6.45, 7) is 4.03. The standard InChI is InChI=1S/C29H28N2O4/c1-2-12-31(23-9-6-19(16-30)7-10-23)26-5-3-4-25-21(18-35-29(25)26)13-20-8-11-24-22(15-28(32)33)17-34-27(24)14-20/h3-11,14,21-22H,2,12-13,15,17-18H2,1H3,(H,32,33)/t21?,22-/m1/s1. The number of carbonyl (C=O) groups is 1. The number of nitrogens with zero attached hydrogens (tertiary/aromatic N) is 2. The lowest BCUT2D eigenvalue weighted by atomic mass is 9.91. The number of hydrogen-bond acceptors (Lipinski definition) is 5. The number of rotatable bonds is 8. The molecule has 5 rings (SSSR count). The van der Waals surface area contributed by atoms with E-state index in [2.05, 4.69) is 48.2 Å². The minimum Gasteiger partial charge on any atom is -0.493 e. The predicted octanol–water partition coefficient (Wildman–Crippen LogP) is 5.78. The predicted molar refractivity (Wildman–Crippen MR) is 134 cm³/mol. The van der Waals surface area contributed by atoms with Gasteiger partial charge >= 0.3 is 5.97 Å². The van der Waals surface area contributed by atoms with E-state index in [0.29, 0.717) is 18.8 Å². The lowest BCUT2D eigenvalue weighted by molar-refractivity contribution is -0.137. The van der Waals surface area contributed by atoms with Crippen molar-refractivity contribution >= 4 is 17.3 Å². The Hall–Kier alpha value is -3.98. The van der Waals surface area contributed by atoms with Gasteiger partial charge in [0.15, 0.2) is 0 Å². The average molecular weight is 469 g/mol. The SMILES string of the molecule is CCCN(c1ccc(C#N)cc1)c1cccc2c1OCC2Cc1ccc2c(c1)OC[C@H]2CC(=O)O. The largest absolute Gasteiger partial charge is 0.493 e. The number of carboxylic acids is 1. The van der Waals surface area contributed by atoms with Crippen LogP contribution in [0.5, 0.6) is 11.5 Å². The highest BCUT2D eigenvalue weighted by atomic mass is 16.5. The monoisotopic (exact) mass is 468 g/mol. The van der Waals surface area contributed by atoms with E-state index < -0.39 is 5.97 Å². The first-order chi connectivity index (χ1) is 17.1. The molecule has 178 valence electrons. The molecule has 2 aliphatic rings. The molecule has 0 saturated heterocycles. The molecule has 0 bridgehead atoms. The molecule has 0 saturated carbocycles. The summed E-state index contributed by atoms with van der Waals surface area (Å²) in [7, 11) is 0. The van der Waals surface area contributed by atoms with E-state index in [1.165, 1.54) is 5.56 Å². The molecule has 3 aromatic carbocycles. The van der Waals surface area contributed by atoms with Gasteiger partial charge in [-0.05, 0) is 54.8 Å². The van der Waals surface area contributed by atoms with Crippen molar-refractivity contribution in [2.24, 2.45) is 0 Å². The van der Waals surface area contributed by atoms with Gasteiger partial charge in [-0.2, -0.15) is 5.26 Å². The van der Waals surface area contributed by atoms with E-state index in [0.717, 1.165) is 53.4 Å². The number of ether oxygens (including phenoxy) is 2. The van der Waals surface area contributed by atoms with Gasteiger partial charge in [-0.25, -0.2) is 0 Å². The lowest BCUT2D eigenvalue weighted by Gasteiger charge is -2.26. The molecule has 0 amide bonds. The van der Waals surface area contributed by atoms with E-state index in [-0.39, 0.29) is 18.3 Å². The van der Waals surface area contributed by atoms with Gasteiger partial charge in [-0.15, -0.1) is 0 Å². The van der Waals surface area contributed by atoms with E-state index in [1.54, 1.807) is 0 Å². The fourth-order valence-electron chi connectivity index (χ4n) is 5.12. The number of anilines is 2. The van der Waals surface area contributed by atoms with Crippen molar-refractivity contribution < 1.29 is 19.4 Å². The Balaban J connectivity index is 1.39. The Morgan fingerprint density at radius 3 is 2.60 bits per heavy atom. The van der Waals surface area contributed by atoms with Crippen molar-refractivity contribution in [2.75, 3.05) is 24.7 Å². The van der Waals surface area contributed by atoms with Crippen molar-refractivity contribution in [3.05, 3.63) is 82.9 Å². The van der Waals surface area contributed by atoms with Crippen molar-refractivity contribution in [3.63, 3.8) is 0 Å². The smallest absolute Gasteiger partial charge is 0.304 e. The van der Waals surface area contributed by atoms with E-state index >= 15 is 0 Å². The van der Waals surface area contributed by atoms with Crippen LogP contribution < -0.4 is 14.4 Å². The van der Waals surface area contributed by atoms with Crippen LogP contribution in [-0.2, 0) is 11.2 Å². The zero-order chi connectivity index (χ0) is 24.4. The fourth-order valence-corrected chi connectivity index (χ4v) is 5.12. The summed E-state index contributed by atoms with van der Waals surface area (Å²) in [4.78, 5) is 13.4. The molecular weight excluding hydrogens is 440 g/mol. The summed E-state index contributed by atoms with van der Waals surface area (Å²) in [5.74, 6) is 1.07. The molecule has 2 aliphatic heterocycles. The van der Waals surface area contributed by atoms with Gasteiger partial charge in [-0.3, -0.25) is 4.79 Å². The molecule has 0 radical (unpaired) electrons. The number of fused-ring (bicyclic) bond motifs is 2. The summed E-state index contributed by atoms with van der Waals surface area (Å²) in [5, 5.41) is 18.3. The van der Waals surface area contributed by atoms with Crippen molar-refractivity contribution in [1.29, 1.82) is 5.26 Å². The van der Waals surface area contributed by atoms with Crippen molar-refractivity contribution in [2.45, 2.75) is 38.0 Å². The third-order valence-electron chi connectivity index (χ3n) is 6.80. The highest BCUT2D eigenvalue weighted by Gasteiger charge is 2.30. The Morgan fingerprint density at radius 1 is 1.06 bits per heavy atom. The van der Waals surface area contributed by atoms with Crippen molar-refractivity contribution in [3.8, 4) is 17.6 Å². The van der Waals surface area contributed by atoms with Gasteiger partial charge in [0, 0.05) is 35.2 Å². The quantitative estimate of drug-likeness (QED) is 0.452. The van der Waals surface area contributed by atoms with Crippen LogP contribution in [0.2, 0.25) is 0 Å². The molecule has 2 heterocycles. The minimum absolute atomic E-state index is 0.0820. The highest BCUT2D eigenvalue weighted by molar-refractivity contribution is 5.72. The Morgan fingerprint density at radius 2 is 1.86 bits per heavy atom. The van der Waals surface area contributed by atoms with Crippen LogP contribution >= 0.6 is 0 Å². The molecule has 0 aliphatic carbocycles. The molecule has 1 unspecified atom stereocenters. The van der Waals surface area contributed by atoms with Gasteiger partial charge < -0.3 is 19.5 Å². The van der Waals surface area contributed by atoms with Crippen LogP contribution in [0.15, 0.2) is 60.7 Å². The van der Waals surface area contributed by atoms with Crippen LogP contribution in [0.1, 0.15) is 53.9 Å². The van der Waals surface area contributed by atoms with E-state index in [9.17, 15) is 4.79 Å². The molecule has 2 atom stereocenters. The first-order valence-corrected chi connectivity index (χ1v) is 12.1. The highest BCUT2D eigenvalue weighted by Crippen LogP contribution is 2.45.